The molecular weight excluding hydrogens is 468 g/mol. The molecule has 1 unspecified atom stereocenters. The topological polar surface area (TPSA) is 69.9 Å². The Balaban J connectivity index is 1.94. The van der Waals surface area contributed by atoms with Crippen LogP contribution in [0.2, 0.25) is 18.1 Å². The van der Waals surface area contributed by atoms with Crippen molar-refractivity contribution in [2.24, 2.45) is 0 Å². The van der Waals surface area contributed by atoms with Gasteiger partial charge in [0.25, 0.3) is 0 Å². The van der Waals surface area contributed by atoms with E-state index in [9.17, 15) is 0 Å². The van der Waals surface area contributed by atoms with Crippen LogP contribution >= 0.6 is 0 Å². The number of benzene rings is 1. The van der Waals surface area contributed by atoms with Gasteiger partial charge in [-0.2, -0.15) is 5.10 Å². The number of methoxy groups -OCH3 is 1. The largest absolute Gasteiger partial charge is 0.497 e. The first-order chi connectivity index (χ1) is 16.9. The highest BCUT2D eigenvalue weighted by Gasteiger charge is 2.39. The molecule has 0 amide bonds. The number of nitrogens with zero attached hydrogens (tertiary/aromatic N) is 3. The van der Waals surface area contributed by atoms with Crippen molar-refractivity contribution in [2.75, 3.05) is 27.3 Å². The molecule has 2 heterocycles. The molecule has 0 radical (unpaired) electrons. The smallest absolute Gasteiger partial charge is 0.192 e. The van der Waals surface area contributed by atoms with Gasteiger partial charge in [-0.1, -0.05) is 41.2 Å². The van der Waals surface area contributed by atoms with Gasteiger partial charge in [0.2, 0.25) is 0 Å². The summed E-state index contributed by atoms with van der Waals surface area (Å²) in [6, 6.07) is 7.86. The predicted octanol–water partition coefficient (Wildman–Crippen LogP) is 6.16. The average molecular weight is 511 g/mol. The lowest BCUT2D eigenvalue weighted by atomic mass is 10.1. The summed E-state index contributed by atoms with van der Waals surface area (Å²) in [5, 5.41) is 7.89. The molecule has 3 aromatic rings. The summed E-state index contributed by atoms with van der Waals surface area (Å²) in [7, 11) is 1.65. The van der Waals surface area contributed by atoms with Crippen LogP contribution in [-0.2, 0) is 4.43 Å². The summed E-state index contributed by atoms with van der Waals surface area (Å²) < 4.78 is 20.4. The molecule has 36 heavy (non-hydrogen) atoms. The monoisotopic (exact) mass is 510 g/mol. The minimum absolute atomic E-state index is 0.0622. The number of fused-ring (bicyclic) bond motifs is 1. The fourth-order valence-corrected chi connectivity index (χ4v) is 5.11. The SMILES string of the molecule is C=Cc1cc(-c2cc(OC)cc(OCC(CNC)O[Si](C)(C)C(C)(C)C)c2)nc2c(C(C)C)cnn12. The Kier molecular flexibility index (Phi) is 8.64. The van der Waals surface area contributed by atoms with Crippen molar-refractivity contribution in [3.63, 3.8) is 0 Å². The Morgan fingerprint density at radius 3 is 2.42 bits per heavy atom. The van der Waals surface area contributed by atoms with Crippen molar-refractivity contribution in [3.05, 3.63) is 48.3 Å². The van der Waals surface area contributed by atoms with Crippen LogP contribution in [0.25, 0.3) is 23.0 Å². The number of hydrogen-bond donors (Lipinski definition) is 1. The molecule has 0 saturated heterocycles. The second-order valence-electron chi connectivity index (χ2n) is 11.0. The van der Waals surface area contributed by atoms with Crippen molar-refractivity contribution in [1.29, 1.82) is 0 Å². The Morgan fingerprint density at radius 2 is 1.83 bits per heavy atom. The molecule has 196 valence electrons. The molecule has 3 rings (SSSR count). The Hall–Kier alpha value is -2.68. The van der Waals surface area contributed by atoms with Gasteiger partial charge in [0.1, 0.15) is 18.1 Å². The third-order valence-corrected chi connectivity index (χ3v) is 11.4. The van der Waals surface area contributed by atoms with E-state index in [1.807, 2.05) is 42.0 Å². The van der Waals surface area contributed by atoms with Gasteiger partial charge in [-0.3, -0.25) is 0 Å². The lowest BCUT2D eigenvalue weighted by molar-refractivity contribution is 0.115. The van der Waals surface area contributed by atoms with E-state index >= 15 is 0 Å². The molecule has 0 aliphatic heterocycles. The van der Waals surface area contributed by atoms with E-state index in [4.69, 9.17) is 18.9 Å². The molecular formula is C28H42N4O3Si. The van der Waals surface area contributed by atoms with Crippen LogP contribution in [0.4, 0.5) is 0 Å². The average Bonchev–Trinajstić information content (AvgIpc) is 3.25. The molecule has 2 aromatic heterocycles. The summed E-state index contributed by atoms with van der Waals surface area (Å²) in [5.74, 6) is 1.72. The molecule has 0 saturated carbocycles. The molecule has 1 atom stereocenters. The molecule has 1 aromatic carbocycles. The van der Waals surface area contributed by atoms with Gasteiger partial charge in [0, 0.05) is 23.7 Å². The molecule has 0 spiro atoms. The van der Waals surface area contributed by atoms with Crippen molar-refractivity contribution in [2.45, 2.75) is 64.8 Å². The minimum Gasteiger partial charge on any atom is -0.497 e. The Bertz CT molecular complexity index is 1200. The number of aromatic nitrogens is 3. The summed E-state index contributed by atoms with van der Waals surface area (Å²) >= 11 is 0. The second-order valence-corrected chi connectivity index (χ2v) is 15.8. The highest BCUT2D eigenvalue weighted by Crippen LogP contribution is 2.37. The molecule has 1 N–H and O–H groups in total. The fourth-order valence-electron chi connectivity index (χ4n) is 3.77. The van der Waals surface area contributed by atoms with E-state index in [1.165, 1.54) is 0 Å². The summed E-state index contributed by atoms with van der Waals surface area (Å²) in [4.78, 5) is 4.96. The summed E-state index contributed by atoms with van der Waals surface area (Å²) in [6.07, 6.45) is 3.62. The molecule has 0 aliphatic carbocycles. The van der Waals surface area contributed by atoms with Crippen LogP contribution in [0.15, 0.2) is 37.0 Å². The normalized spacial score (nSPS) is 13.3. The zero-order chi connectivity index (χ0) is 26.7. The number of ether oxygens (including phenoxy) is 2. The van der Waals surface area contributed by atoms with Gasteiger partial charge in [-0.05, 0) is 55.4 Å². The van der Waals surface area contributed by atoms with Gasteiger partial charge in [-0.25, -0.2) is 9.50 Å². The number of nitrogens with one attached hydrogen (secondary N) is 1. The minimum atomic E-state index is -1.94. The molecule has 0 aliphatic rings. The first kappa shape index (κ1) is 27.9. The van der Waals surface area contributed by atoms with Crippen molar-refractivity contribution < 1.29 is 13.9 Å². The first-order valence-corrected chi connectivity index (χ1v) is 15.5. The van der Waals surface area contributed by atoms with Crippen LogP contribution in [0, 0.1) is 0 Å². The molecule has 7 nitrogen and oxygen atoms in total. The van der Waals surface area contributed by atoms with Crippen LogP contribution in [0.5, 0.6) is 11.5 Å². The third-order valence-electron chi connectivity index (χ3n) is 6.90. The van der Waals surface area contributed by atoms with Gasteiger partial charge in [0.05, 0.1) is 30.8 Å². The predicted molar refractivity (Wildman–Crippen MR) is 151 cm³/mol. The van der Waals surface area contributed by atoms with Gasteiger partial charge in [-0.15, -0.1) is 0 Å². The Morgan fingerprint density at radius 1 is 1.14 bits per heavy atom. The number of likely N-dealkylation sites (N-methyl/N-ethyl adjacent to an activating group) is 1. The lowest BCUT2D eigenvalue weighted by Gasteiger charge is -2.39. The highest BCUT2D eigenvalue weighted by molar-refractivity contribution is 6.74. The van der Waals surface area contributed by atoms with E-state index in [0.717, 1.165) is 28.2 Å². The number of rotatable bonds is 11. The van der Waals surface area contributed by atoms with E-state index in [1.54, 1.807) is 13.2 Å². The maximum Gasteiger partial charge on any atom is 0.192 e. The van der Waals surface area contributed by atoms with Crippen molar-refractivity contribution in [1.82, 2.24) is 19.9 Å². The van der Waals surface area contributed by atoms with Crippen LogP contribution in [0.1, 0.15) is 51.8 Å². The van der Waals surface area contributed by atoms with E-state index in [-0.39, 0.29) is 11.1 Å². The Labute approximate surface area is 217 Å². The third kappa shape index (κ3) is 6.17. The maximum absolute atomic E-state index is 6.63. The molecule has 0 fully saturated rings. The van der Waals surface area contributed by atoms with E-state index in [2.05, 4.69) is 64.7 Å². The zero-order valence-electron chi connectivity index (χ0n) is 23.3. The number of hydrogen-bond acceptors (Lipinski definition) is 6. The van der Waals surface area contributed by atoms with Crippen LogP contribution in [-0.4, -0.2) is 56.3 Å². The molecule has 0 bridgehead atoms. The van der Waals surface area contributed by atoms with Crippen molar-refractivity contribution >= 4 is 20.0 Å². The van der Waals surface area contributed by atoms with Gasteiger partial charge >= 0.3 is 0 Å². The van der Waals surface area contributed by atoms with Crippen LogP contribution < -0.4 is 14.8 Å². The molecule has 8 heteroatoms. The second kappa shape index (κ2) is 11.1. The fraction of sp³-hybridized carbons (Fsp3) is 0.500. The quantitative estimate of drug-likeness (QED) is 0.312. The highest BCUT2D eigenvalue weighted by atomic mass is 28.4. The first-order valence-electron chi connectivity index (χ1n) is 12.6. The maximum atomic E-state index is 6.63. The van der Waals surface area contributed by atoms with Gasteiger partial charge < -0.3 is 19.2 Å². The van der Waals surface area contributed by atoms with Crippen LogP contribution in [0.3, 0.4) is 0 Å². The van der Waals surface area contributed by atoms with E-state index < -0.39 is 8.32 Å². The zero-order valence-corrected chi connectivity index (χ0v) is 24.3. The van der Waals surface area contributed by atoms with E-state index in [0.29, 0.717) is 30.6 Å². The lowest BCUT2D eigenvalue weighted by Crippen LogP contribution is -2.47. The summed E-state index contributed by atoms with van der Waals surface area (Å²) in [6.45, 7) is 20.7. The summed E-state index contributed by atoms with van der Waals surface area (Å²) in [5.41, 5.74) is 4.52. The van der Waals surface area contributed by atoms with Crippen molar-refractivity contribution in [3.8, 4) is 22.8 Å². The standard InChI is InChI=1S/C28H42N4O3Si/c1-11-21-14-26(31-27-25(19(2)3)17-30-32(21)27)20-12-22(33-8)15-23(13-20)34-18-24(16-29-7)35-36(9,10)28(4,5)6/h11-15,17,19,24,29H,1,16,18H2,2-10H3. The van der Waals surface area contributed by atoms with Gasteiger partial charge in [0.15, 0.2) is 14.0 Å².